The van der Waals surface area contributed by atoms with Crippen molar-refractivity contribution in [2.24, 2.45) is 10.7 Å². The highest BCUT2D eigenvalue weighted by Gasteiger charge is 2.13. The highest BCUT2D eigenvalue weighted by Crippen LogP contribution is 2.31. The van der Waals surface area contributed by atoms with Crippen LogP contribution in [0.2, 0.25) is 0 Å². The van der Waals surface area contributed by atoms with E-state index in [2.05, 4.69) is 15.0 Å². The van der Waals surface area contributed by atoms with Gasteiger partial charge in [0.2, 0.25) is 0 Å². The molecule has 0 atom stereocenters. The summed E-state index contributed by atoms with van der Waals surface area (Å²) in [5.74, 6) is 0.684. The number of hydrogen-bond acceptors (Lipinski definition) is 5. The number of hydrogen-bond donors (Lipinski definition) is 2. The van der Waals surface area contributed by atoms with Crippen molar-refractivity contribution < 1.29 is 4.39 Å². The molecule has 25 heavy (non-hydrogen) atoms. The Morgan fingerprint density at radius 1 is 1.40 bits per heavy atom. The van der Waals surface area contributed by atoms with E-state index in [0.29, 0.717) is 27.0 Å². The number of benzene rings is 1. The highest BCUT2D eigenvalue weighted by molar-refractivity contribution is 8.13. The van der Waals surface area contributed by atoms with Gasteiger partial charge >= 0.3 is 0 Å². The van der Waals surface area contributed by atoms with Crippen LogP contribution in [0.1, 0.15) is 19.7 Å². The Kier molecular flexibility index (Phi) is 5.19. The highest BCUT2D eigenvalue weighted by atomic mass is 32.2. The summed E-state index contributed by atoms with van der Waals surface area (Å²) in [6.45, 7) is 3.89. The summed E-state index contributed by atoms with van der Waals surface area (Å²) in [7, 11) is 0. The number of rotatable bonds is 4. The molecular formula is C17H17FN4OS2. The molecule has 2 aromatic heterocycles. The van der Waals surface area contributed by atoms with Gasteiger partial charge in [-0.05, 0) is 31.5 Å². The largest absolute Gasteiger partial charge is 0.379 e. The minimum absolute atomic E-state index is 0.123. The predicted molar refractivity (Wildman–Crippen MR) is 104 cm³/mol. The molecule has 3 N–H and O–H groups in total. The second-order valence-corrected chi connectivity index (χ2v) is 7.55. The zero-order valence-corrected chi connectivity index (χ0v) is 15.4. The number of amidine groups is 1. The third kappa shape index (κ3) is 4.08. The van der Waals surface area contributed by atoms with E-state index in [1.165, 1.54) is 35.2 Å². The number of nitrogens with two attached hydrogens (primary N) is 1. The molecule has 0 aliphatic rings. The Labute approximate surface area is 152 Å². The van der Waals surface area contributed by atoms with Crippen LogP contribution in [0, 0.1) is 5.82 Å². The Hall–Kier alpha value is -2.19. The summed E-state index contributed by atoms with van der Waals surface area (Å²) in [5, 5.41) is 2.86. The summed E-state index contributed by atoms with van der Waals surface area (Å²) in [4.78, 5) is 24.7. The predicted octanol–water partition coefficient (Wildman–Crippen LogP) is 3.75. The molecule has 8 heteroatoms. The van der Waals surface area contributed by atoms with Crippen LogP contribution in [-0.2, 0) is 5.75 Å². The standard InChI is InChI=1S/C17H17FN4OS2/c1-9(2)20-17(19)25-8-13-21-15(23)14-12(7-24-16(14)22-13)10-3-5-11(18)6-4-10/h3-7,9H,8H2,1-2H3,(H2,19,20)(H,21,22,23). The molecule has 0 aliphatic carbocycles. The van der Waals surface area contributed by atoms with E-state index in [4.69, 9.17) is 5.73 Å². The molecule has 0 bridgehead atoms. The molecule has 0 aliphatic heterocycles. The fourth-order valence-corrected chi connectivity index (χ4v) is 4.01. The molecule has 1 aromatic carbocycles. The normalized spacial score (nSPS) is 12.2. The monoisotopic (exact) mass is 376 g/mol. The number of nitrogens with one attached hydrogen (secondary N) is 1. The molecule has 5 nitrogen and oxygen atoms in total. The van der Waals surface area contributed by atoms with Gasteiger partial charge in [-0.1, -0.05) is 23.9 Å². The van der Waals surface area contributed by atoms with Crippen molar-refractivity contribution >= 4 is 38.5 Å². The number of thiophene rings is 1. The average Bonchev–Trinajstić information content (AvgIpc) is 2.97. The Morgan fingerprint density at radius 3 is 2.80 bits per heavy atom. The SMILES string of the molecule is CC(C)N=C(N)SCc1nc2scc(-c3ccc(F)cc3)c2c(=O)[nH]1. The van der Waals surface area contributed by atoms with E-state index >= 15 is 0 Å². The summed E-state index contributed by atoms with van der Waals surface area (Å²) in [6.07, 6.45) is 0. The van der Waals surface area contributed by atoms with E-state index in [-0.39, 0.29) is 17.4 Å². The second kappa shape index (κ2) is 7.37. The smallest absolute Gasteiger partial charge is 0.260 e. The summed E-state index contributed by atoms with van der Waals surface area (Å²) < 4.78 is 13.1. The van der Waals surface area contributed by atoms with Gasteiger partial charge in [0.15, 0.2) is 5.17 Å². The first-order valence-corrected chi connectivity index (χ1v) is 9.53. The average molecular weight is 376 g/mol. The van der Waals surface area contributed by atoms with Crippen molar-refractivity contribution in [1.29, 1.82) is 0 Å². The Balaban J connectivity index is 1.91. The fourth-order valence-electron chi connectivity index (χ4n) is 2.34. The molecule has 0 saturated heterocycles. The van der Waals surface area contributed by atoms with Gasteiger partial charge in [0, 0.05) is 17.0 Å². The van der Waals surface area contributed by atoms with E-state index in [1.54, 1.807) is 12.1 Å². The van der Waals surface area contributed by atoms with Crippen molar-refractivity contribution in [2.45, 2.75) is 25.6 Å². The third-order valence-electron chi connectivity index (χ3n) is 3.39. The maximum Gasteiger partial charge on any atom is 0.260 e. The second-order valence-electron chi connectivity index (χ2n) is 5.70. The number of halogens is 1. The van der Waals surface area contributed by atoms with Crippen LogP contribution >= 0.6 is 23.1 Å². The minimum atomic E-state index is -0.310. The first kappa shape index (κ1) is 17.6. The van der Waals surface area contributed by atoms with E-state index in [1.807, 2.05) is 19.2 Å². The maximum atomic E-state index is 13.1. The number of thioether (sulfide) groups is 1. The third-order valence-corrected chi connectivity index (χ3v) is 5.08. The van der Waals surface area contributed by atoms with Gasteiger partial charge in [-0.25, -0.2) is 9.37 Å². The molecule has 0 spiro atoms. The molecule has 130 valence electrons. The van der Waals surface area contributed by atoms with E-state index < -0.39 is 0 Å². The molecule has 3 aromatic rings. The topological polar surface area (TPSA) is 84.1 Å². The van der Waals surface area contributed by atoms with Crippen LogP contribution in [0.5, 0.6) is 0 Å². The molecule has 0 radical (unpaired) electrons. The molecule has 0 fully saturated rings. The van der Waals surface area contributed by atoms with Gasteiger partial charge in [0.25, 0.3) is 5.56 Å². The van der Waals surface area contributed by atoms with Crippen molar-refractivity contribution in [1.82, 2.24) is 9.97 Å². The molecule has 0 amide bonds. The minimum Gasteiger partial charge on any atom is -0.379 e. The van der Waals surface area contributed by atoms with Crippen LogP contribution < -0.4 is 11.3 Å². The maximum absolute atomic E-state index is 13.1. The fraction of sp³-hybridized carbons (Fsp3) is 0.235. The first-order chi connectivity index (χ1) is 11.9. The van der Waals surface area contributed by atoms with Crippen molar-refractivity contribution in [3.63, 3.8) is 0 Å². The van der Waals surface area contributed by atoms with Gasteiger partial charge in [-0.2, -0.15) is 0 Å². The van der Waals surface area contributed by atoms with E-state index in [9.17, 15) is 9.18 Å². The summed E-state index contributed by atoms with van der Waals surface area (Å²) >= 11 is 2.73. The Bertz CT molecular complexity index is 976. The van der Waals surface area contributed by atoms with Crippen molar-refractivity contribution in [3.05, 3.63) is 51.6 Å². The van der Waals surface area contributed by atoms with Crippen LogP contribution in [0.3, 0.4) is 0 Å². The lowest BCUT2D eigenvalue weighted by Crippen LogP contribution is -2.13. The van der Waals surface area contributed by atoms with Crippen LogP contribution in [0.15, 0.2) is 39.4 Å². The number of aromatic amines is 1. The molecule has 0 unspecified atom stereocenters. The van der Waals surface area contributed by atoms with Gasteiger partial charge in [-0.3, -0.25) is 9.79 Å². The number of aromatic nitrogens is 2. The lowest BCUT2D eigenvalue weighted by molar-refractivity contribution is 0.628. The lowest BCUT2D eigenvalue weighted by atomic mass is 10.1. The number of fused-ring (bicyclic) bond motifs is 1. The zero-order chi connectivity index (χ0) is 18.0. The quantitative estimate of drug-likeness (QED) is 0.536. The summed E-state index contributed by atoms with van der Waals surface area (Å²) in [6, 6.07) is 6.19. The summed E-state index contributed by atoms with van der Waals surface area (Å²) in [5.41, 5.74) is 7.17. The van der Waals surface area contributed by atoms with Gasteiger partial charge in [-0.15, -0.1) is 11.3 Å². The van der Waals surface area contributed by atoms with E-state index in [0.717, 1.165) is 11.1 Å². The molecule has 2 heterocycles. The van der Waals surface area contributed by atoms with Crippen LogP contribution in [0.4, 0.5) is 4.39 Å². The molecule has 3 rings (SSSR count). The van der Waals surface area contributed by atoms with Gasteiger partial charge in [0.1, 0.15) is 16.5 Å². The van der Waals surface area contributed by atoms with Crippen LogP contribution in [-0.4, -0.2) is 21.2 Å². The lowest BCUT2D eigenvalue weighted by Gasteiger charge is -2.04. The first-order valence-electron chi connectivity index (χ1n) is 7.66. The van der Waals surface area contributed by atoms with Gasteiger partial charge in [0.05, 0.1) is 11.1 Å². The zero-order valence-electron chi connectivity index (χ0n) is 13.7. The van der Waals surface area contributed by atoms with Crippen LogP contribution in [0.25, 0.3) is 21.3 Å². The van der Waals surface area contributed by atoms with Crippen molar-refractivity contribution in [2.75, 3.05) is 0 Å². The Morgan fingerprint density at radius 2 is 2.12 bits per heavy atom. The number of nitrogens with zero attached hydrogens (tertiary/aromatic N) is 2. The molecule has 0 saturated carbocycles. The number of H-pyrrole nitrogens is 1. The van der Waals surface area contributed by atoms with Gasteiger partial charge < -0.3 is 10.7 Å². The van der Waals surface area contributed by atoms with Crippen molar-refractivity contribution in [3.8, 4) is 11.1 Å². The number of aliphatic imine (C=N–C) groups is 1. The molecular weight excluding hydrogens is 359 g/mol.